The Kier molecular flexibility index (Phi) is 4.02. The molecule has 2 rings (SSSR count). The second-order valence-corrected chi connectivity index (χ2v) is 6.65. The van der Waals surface area contributed by atoms with Crippen LogP contribution in [0.1, 0.15) is 34.6 Å². The smallest absolute Gasteiger partial charge is 0.105 e. The standard InChI is InChI=1S/C14H15BrOS/c1-3-10-6-4-5-7-11(10)14(16)12-8-13(15)17-9(12)2/h4-8,14,16H,3H2,1-2H3. The van der Waals surface area contributed by atoms with Crippen LogP contribution < -0.4 is 0 Å². The Hall–Kier alpha value is -0.640. The summed E-state index contributed by atoms with van der Waals surface area (Å²) < 4.78 is 1.07. The summed E-state index contributed by atoms with van der Waals surface area (Å²) in [6.45, 7) is 4.16. The predicted molar refractivity (Wildman–Crippen MR) is 76.6 cm³/mol. The lowest BCUT2D eigenvalue weighted by molar-refractivity contribution is 0.219. The molecule has 0 saturated heterocycles. The fourth-order valence-corrected chi connectivity index (χ4v) is 3.76. The Morgan fingerprint density at radius 2 is 2.00 bits per heavy atom. The molecule has 1 aromatic carbocycles. The van der Waals surface area contributed by atoms with E-state index < -0.39 is 6.10 Å². The van der Waals surface area contributed by atoms with Crippen molar-refractivity contribution >= 4 is 27.3 Å². The molecule has 0 fully saturated rings. The maximum absolute atomic E-state index is 10.5. The number of halogens is 1. The molecule has 0 bridgehead atoms. The molecule has 90 valence electrons. The molecule has 1 nitrogen and oxygen atoms in total. The van der Waals surface area contributed by atoms with Crippen LogP contribution in [0, 0.1) is 6.92 Å². The van der Waals surface area contributed by atoms with E-state index in [-0.39, 0.29) is 0 Å². The van der Waals surface area contributed by atoms with E-state index in [4.69, 9.17) is 0 Å². The van der Waals surface area contributed by atoms with E-state index >= 15 is 0 Å². The van der Waals surface area contributed by atoms with Gasteiger partial charge in [-0.3, -0.25) is 0 Å². The number of hydrogen-bond donors (Lipinski definition) is 1. The maximum atomic E-state index is 10.5. The second-order valence-electron chi connectivity index (χ2n) is 4.02. The van der Waals surface area contributed by atoms with Gasteiger partial charge in [0.15, 0.2) is 0 Å². The normalized spacial score (nSPS) is 12.7. The highest BCUT2D eigenvalue weighted by Gasteiger charge is 2.17. The Morgan fingerprint density at radius 3 is 2.59 bits per heavy atom. The van der Waals surface area contributed by atoms with Crippen molar-refractivity contribution in [2.24, 2.45) is 0 Å². The minimum absolute atomic E-state index is 0.520. The second kappa shape index (κ2) is 5.34. The summed E-state index contributed by atoms with van der Waals surface area (Å²) in [5, 5.41) is 10.5. The third-order valence-corrected chi connectivity index (χ3v) is 4.52. The van der Waals surface area contributed by atoms with E-state index in [1.165, 1.54) is 5.56 Å². The molecule has 3 heteroatoms. The topological polar surface area (TPSA) is 20.2 Å². The highest BCUT2D eigenvalue weighted by Crippen LogP contribution is 2.34. The molecule has 0 aliphatic rings. The number of aryl methyl sites for hydroxylation is 2. The molecule has 1 atom stereocenters. The van der Waals surface area contributed by atoms with Crippen molar-refractivity contribution in [1.82, 2.24) is 0 Å². The van der Waals surface area contributed by atoms with Crippen molar-refractivity contribution in [3.63, 3.8) is 0 Å². The number of aliphatic hydroxyl groups excluding tert-OH is 1. The van der Waals surface area contributed by atoms with Gasteiger partial charge in [0, 0.05) is 4.88 Å². The molecule has 0 aliphatic carbocycles. The average Bonchev–Trinajstić information content (AvgIpc) is 2.67. The average molecular weight is 311 g/mol. The minimum Gasteiger partial charge on any atom is -0.384 e. The van der Waals surface area contributed by atoms with Gasteiger partial charge in [-0.2, -0.15) is 0 Å². The predicted octanol–water partition coefficient (Wildman–Crippen LogP) is 4.46. The first-order chi connectivity index (χ1) is 8.13. The maximum Gasteiger partial charge on any atom is 0.105 e. The molecule has 1 heterocycles. The van der Waals surface area contributed by atoms with Gasteiger partial charge in [-0.15, -0.1) is 11.3 Å². The van der Waals surface area contributed by atoms with Crippen molar-refractivity contribution in [3.8, 4) is 0 Å². The van der Waals surface area contributed by atoms with Gasteiger partial charge in [-0.05, 0) is 52.0 Å². The van der Waals surface area contributed by atoms with Crippen LogP contribution in [0.3, 0.4) is 0 Å². The van der Waals surface area contributed by atoms with Crippen LogP contribution in [-0.2, 0) is 6.42 Å². The van der Waals surface area contributed by atoms with Crippen LogP contribution in [0.5, 0.6) is 0 Å². The monoisotopic (exact) mass is 310 g/mol. The van der Waals surface area contributed by atoms with Crippen LogP contribution in [0.2, 0.25) is 0 Å². The first-order valence-electron chi connectivity index (χ1n) is 5.65. The molecule has 1 N–H and O–H groups in total. The highest BCUT2D eigenvalue weighted by molar-refractivity contribution is 9.11. The first kappa shape index (κ1) is 12.8. The fraction of sp³-hybridized carbons (Fsp3) is 0.286. The number of rotatable bonds is 3. The van der Waals surface area contributed by atoms with Crippen molar-refractivity contribution in [2.75, 3.05) is 0 Å². The van der Waals surface area contributed by atoms with Crippen molar-refractivity contribution < 1.29 is 5.11 Å². The highest BCUT2D eigenvalue weighted by atomic mass is 79.9. The summed E-state index contributed by atoms with van der Waals surface area (Å²) in [6.07, 6.45) is 0.422. The molecule has 0 amide bonds. The van der Waals surface area contributed by atoms with Gasteiger partial charge in [0.2, 0.25) is 0 Å². The van der Waals surface area contributed by atoms with E-state index in [1.807, 2.05) is 31.2 Å². The zero-order chi connectivity index (χ0) is 12.4. The molecular weight excluding hydrogens is 296 g/mol. The zero-order valence-electron chi connectivity index (χ0n) is 9.90. The number of benzene rings is 1. The number of hydrogen-bond acceptors (Lipinski definition) is 2. The summed E-state index contributed by atoms with van der Waals surface area (Å²) in [5.41, 5.74) is 3.23. The first-order valence-corrected chi connectivity index (χ1v) is 7.26. The summed E-state index contributed by atoms with van der Waals surface area (Å²) in [4.78, 5) is 1.16. The lowest BCUT2D eigenvalue weighted by atomic mass is 9.96. The number of thiophene rings is 1. The molecule has 0 saturated carbocycles. The molecule has 0 radical (unpaired) electrons. The van der Waals surface area contributed by atoms with Crippen molar-refractivity contribution in [1.29, 1.82) is 0 Å². The quantitative estimate of drug-likeness (QED) is 0.887. The molecule has 0 spiro atoms. The van der Waals surface area contributed by atoms with Crippen LogP contribution in [0.4, 0.5) is 0 Å². The molecule has 2 aromatic rings. The Labute approximate surface area is 114 Å². The van der Waals surface area contributed by atoms with Crippen molar-refractivity contribution in [3.05, 3.63) is 55.7 Å². The Morgan fingerprint density at radius 1 is 1.29 bits per heavy atom. The van der Waals surface area contributed by atoms with Crippen LogP contribution in [0.25, 0.3) is 0 Å². The van der Waals surface area contributed by atoms with E-state index in [2.05, 4.69) is 28.9 Å². The van der Waals surface area contributed by atoms with Crippen LogP contribution in [0.15, 0.2) is 34.1 Å². The SMILES string of the molecule is CCc1ccccc1C(O)c1cc(Br)sc1C. The Bertz CT molecular complexity index is 519. The van der Waals surface area contributed by atoms with Crippen LogP contribution in [-0.4, -0.2) is 5.11 Å². The molecule has 1 aromatic heterocycles. The third kappa shape index (κ3) is 2.62. The van der Waals surface area contributed by atoms with E-state index in [9.17, 15) is 5.11 Å². The van der Waals surface area contributed by atoms with Gasteiger partial charge < -0.3 is 5.11 Å². The van der Waals surface area contributed by atoms with Crippen LogP contribution >= 0.6 is 27.3 Å². The zero-order valence-corrected chi connectivity index (χ0v) is 12.3. The van der Waals surface area contributed by atoms with Gasteiger partial charge >= 0.3 is 0 Å². The summed E-state index contributed by atoms with van der Waals surface area (Å²) >= 11 is 5.13. The van der Waals surface area contributed by atoms with Gasteiger partial charge in [-0.1, -0.05) is 31.2 Å². The molecule has 0 aliphatic heterocycles. The van der Waals surface area contributed by atoms with Crippen molar-refractivity contribution in [2.45, 2.75) is 26.4 Å². The van der Waals surface area contributed by atoms with Gasteiger partial charge in [0.05, 0.1) is 3.79 Å². The summed E-state index contributed by atoms with van der Waals surface area (Å²) in [5.74, 6) is 0. The van der Waals surface area contributed by atoms with E-state index in [1.54, 1.807) is 11.3 Å². The number of aliphatic hydroxyl groups is 1. The van der Waals surface area contributed by atoms with Gasteiger partial charge in [-0.25, -0.2) is 0 Å². The summed E-state index contributed by atoms with van der Waals surface area (Å²) in [7, 11) is 0. The van der Waals surface area contributed by atoms with E-state index in [0.29, 0.717) is 0 Å². The fourth-order valence-electron chi connectivity index (χ4n) is 2.02. The van der Waals surface area contributed by atoms with Gasteiger partial charge in [0.25, 0.3) is 0 Å². The molecule has 17 heavy (non-hydrogen) atoms. The lowest BCUT2D eigenvalue weighted by Crippen LogP contribution is -2.03. The molecule has 1 unspecified atom stereocenters. The minimum atomic E-state index is -0.520. The van der Waals surface area contributed by atoms with Gasteiger partial charge in [0.1, 0.15) is 6.10 Å². The lowest BCUT2D eigenvalue weighted by Gasteiger charge is -2.14. The summed E-state index contributed by atoms with van der Waals surface area (Å²) in [6, 6.07) is 10.1. The largest absolute Gasteiger partial charge is 0.384 e. The van der Waals surface area contributed by atoms with E-state index in [0.717, 1.165) is 26.2 Å². The molecular formula is C14H15BrOS. The Balaban J connectivity index is 2.43. The third-order valence-electron chi connectivity index (χ3n) is 2.95.